The van der Waals surface area contributed by atoms with Crippen molar-refractivity contribution in [1.29, 1.82) is 0 Å². The molecule has 92 valence electrons. The predicted octanol–water partition coefficient (Wildman–Crippen LogP) is 1.61. The van der Waals surface area contributed by atoms with Crippen molar-refractivity contribution in [1.82, 2.24) is 4.72 Å². The SMILES string of the molecule is C#CC(C)(C)NS(=O)(=O)c1cc(N)ccc1Cl. The van der Waals surface area contributed by atoms with E-state index >= 15 is 0 Å². The number of terminal acetylenes is 1. The predicted molar refractivity (Wildman–Crippen MR) is 69.1 cm³/mol. The summed E-state index contributed by atoms with van der Waals surface area (Å²) in [7, 11) is -3.79. The molecule has 1 aromatic rings. The Morgan fingerprint density at radius 1 is 1.47 bits per heavy atom. The fraction of sp³-hybridized carbons (Fsp3) is 0.273. The van der Waals surface area contributed by atoms with Crippen molar-refractivity contribution < 1.29 is 8.42 Å². The lowest BCUT2D eigenvalue weighted by Gasteiger charge is -2.20. The Morgan fingerprint density at radius 2 is 2.06 bits per heavy atom. The van der Waals surface area contributed by atoms with Gasteiger partial charge in [0.05, 0.1) is 10.6 Å². The van der Waals surface area contributed by atoms with Gasteiger partial charge in [0.1, 0.15) is 4.90 Å². The summed E-state index contributed by atoms with van der Waals surface area (Å²) >= 11 is 5.83. The van der Waals surface area contributed by atoms with Gasteiger partial charge in [-0.2, -0.15) is 4.72 Å². The molecular formula is C11H13ClN2O2S. The second-order valence-electron chi connectivity index (χ2n) is 4.06. The number of nitrogen functional groups attached to an aromatic ring is 1. The lowest BCUT2D eigenvalue weighted by Crippen LogP contribution is -2.42. The van der Waals surface area contributed by atoms with Gasteiger partial charge in [0, 0.05) is 5.69 Å². The first-order valence-corrected chi connectivity index (χ1v) is 6.61. The highest BCUT2D eigenvalue weighted by atomic mass is 35.5. The number of hydrogen-bond donors (Lipinski definition) is 2. The Kier molecular flexibility index (Phi) is 3.72. The quantitative estimate of drug-likeness (QED) is 0.649. The number of hydrogen-bond acceptors (Lipinski definition) is 3. The Balaban J connectivity index is 3.24. The molecule has 17 heavy (non-hydrogen) atoms. The van der Waals surface area contributed by atoms with Crippen LogP contribution in [-0.2, 0) is 10.0 Å². The highest BCUT2D eigenvalue weighted by Crippen LogP contribution is 2.24. The van der Waals surface area contributed by atoms with E-state index in [1.54, 1.807) is 13.8 Å². The molecule has 0 aromatic heterocycles. The minimum atomic E-state index is -3.79. The second-order valence-corrected chi connectivity index (χ2v) is 6.12. The van der Waals surface area contributed by atoms with Crippen molar-refractivity contribution in [3.05, 3.63) is 23.2 Å². The molecule has 0 unspecified atom stereocenters. The van der Waals surface area contributed by atoms with Crippen LogP contribution in [0.5, 0.6) is 0 Å². The van der Waals surface area contributed by atoms with Gasteiger partial charge in [-0.25, -0.2) is 8.42 Å². The Bertz CT molecular complexity index is 574. The number of benzene rings is 1. The van der Waals surface area contributed by atoms with Crippen molar-refractivity contribution in [2.45, 2.75) is 24.3 Å². The summed E-state index contributed by atoms with van der Waals surface area (Å²) in [5.41, 5.74) is 4.85. The van der Waals surface area contributed by atoms with Crippen molar-refractivity contribution in [2.75, 3.05) is 5.73 Å². The Labute approximate surface area is 106 Å². The highest BCUT2D eigenvalue weighted by Gasteiger charge is 2.26. The van der Waals surface area contributed by atoms with Gasteiger partial charge >= 0.3 is 0 Å². The van der Waals surface area contributed by atoms with Gasteiger partial charge in [-0.1, -0.05) is 17.5 Å². The lowest BCUT2D eigenvalue weighted by molar-refractivity contribution is 0.539. The van der Waals surface area contributed by atoms with Crippen LogP contribution in [0.15, 0.2) is 23.1 Å². The summed E-state index contributed by atoms with van der Waals surface area (Å²) in [5, 5.41) is 0.0968. The number of halogens is 1. The molecule has 0 aliphatic rings. The molecule has 0 saturated carbocycles. The molecule has 0 amide bonds. The molecular weight excluding hydrogens is 260 g/mol. The van der Waals surface area contributed by atoms with Gasteiger partial charge < -0.3 is 5.73 Å². The van der Waals surface area contributed by atoms with Crippen molar-refractivity contribution >= 4 is 27.3 Å². The zero-order valence-electron chi connectivity index (χ0n) is 9.49. The van der Waals surface area contributed by atoms with E-state index in [4.69, 9.17) is 23.8 Å². The number of sulfonamides is 1. The summed E-state index contributed by atoms with van der Waals surface area (Å²) in [6.45, 7) is 3.15. The van der Waals surface area contributed by atoms with Crippen LogP contribution in [0.4, 0.5) is 5.69 Å². The molecule has 6 heteroatoms. The van der Waals surface area contributed by atoms with Crippen LogP contribution in [0.3, 0.4) is 0 Å². The lowest BCUT2D eigenvalue weighted by atomic mass is 10.1. The summed E-state index contributed by atoms with van der Waals surface area (Å²) in [5.74, 6) is 2.34. The van der Waals surface area contributed by atoms with Crippen LogP contribution in [0.2, 0.25) is 5.02 Å². The van der Waals surface area contributed by atoms with Gasteiger partial charge in [-0.15, -0.1) is 6.42 Å². The van der Waals surface area contributed by atoms with Crippen LogP contribution in [0.25, 0.3) is 0 Å². The number of nitrogens with two attached hydrogens (primary N) is 1. The molecule has 0 saturated heterocycles. The van der Waals surface area contributed by atoms with E-state index in [1.807, 2.05) is 0 Å². The van der Waals surface area contributed by atoms with E-state index in [9.17, 15) is 8.42 Å². The molecule has 0 spiro atoms. The van der Waals surface area contributed by atoms with E-state index in [-0.39, 0.29) is 9.92 Å². The van der Waals surface area contributed by atoms with E-state index < -0.39 is 15.6 Å². The topological polar surface area (TPSA) is 72.2 Å². The normalized spacial score (nSPS) is 12.1. The minimum Gasteiger partial charge on any atom is -0.399 e. The molecule has 0 radical (unpaired) electrons. The first-order chi connectivity index (χ1) is 7.68. The van der Waals surface area contributed by atoms with Crippen molar-refractivity contribution in [3.63, 3.8) is 0 Å². The third-order valence-corrected chi connectivity index (χ3v) is 4.13. The second kappa shape index (κ2) is 4.57. The van der Waals surface area contributed by atoms with Gasteiger partial charge in [0.2, 0.25) is 10.0 Å². The van der Waals surface area contributed by atoms with E-state index in [2.05, 4.69) is 10.6 Å². The minimum absolute atomic E-state index is 0.0810. The maximum atomic E-state index is 12.0. The van der Waals surface area contributed by atoms with Gasteiger partial charge in [-0.05, 0) is 32.0 Å². The molecule has 0 aliphatic heterocycles. The largest absolute Gasteiger partial charge is 0.399 e. The fourth-order valence-electron chi connectivity index (χ4n) is 1.15. The third-order valence-electron chi connectivity index (χ3n) is 2.00. The molecule has 0 heterocycles. The van der Waals surface area contributed by atoms with Crippen molar-refractivity contribution in [3.8, 4) is 12.3 Å². The maximum Gasteiger partial charge on any atom is 0.243 e. The van der Waals surface area contributed by atoms with Crippen LogP contribution in [0, 0.1) is 12.3 Å². The van der Waals surface area contributed by atoms with Crippen LogP contribution >= 0.6 is 11.6 Å². The van der Waals surface area contributed by atoms with E-state index in [0.29, 0.717) is 5.69 Å². The Morgan fingerprint density at radius 3 is 2.59 bits per heavy atom. The average molecular weight is 273 g/mol. The smallest absolute Gasteiger partial charge is 0.243 e. The molecule has 4 nitrogen and oxygen atoms in total. The van der Waals surface area contributed by atoms with Gasteiger partial charge in [0.15, 0.2) is 0 Å². The number of anilines is 1. The molecule has 3 N–H and O–H groups in total. The summed E-state index contributed by atoms with van der Waals surface area (Å²) in [6.07, 6.45) is 5.22. The highest BCUT2D eigenvalue weighted by molar-refractivity contribution is 7.89. The number of nitrogens with one attached hydrogen (secondary N) is 1. The zero-order valence-corrected chi connectivity index (χ0v) is 11.1. The molecule has 0 aliphatic carbocycles. The number of rotatable bonds is 3. The fourth-order valence-corrected chi connectivity index (χ4v) is 3.03. The summed E-state index contributed by atoms with van der Waals surface area (Å²) in [4.78, 5) is -0.0810. The van der Waals surface area contributed by atoms with Gasteiger partial charge in [0.25, 0.3) is 0 Å². The van der Waals surface area contributed by atoms with Crippen LogP contribution in [-0.4, -0.2) is 14.0 Å². The van der Waals surface area contributed by atoms with Crippen LogP contribution < -0.4 is 10.5 Å². The standard InChI is InChI=1S/C11H13ClN2O2S/c1-4-11(2,3)14-17(15,16)10-7-8(13)5-6-9(10)12/h1,5-7,14H,13H2,2-3H3. The van der Waals surface area contributed by atoms with Gasteiger partial charge in [-0.3, -0.25) is 0 Å². The molecule has 0 atom stereocenters. The van der Waals surface area contributed by atoms with Crippen molar-refractivity contribution in [2.24, 2.45) is 0 Å². The van der Waals surface area contributed by atoms with E-state index in [0.717, 1.165) is 0 Å². The summed E-state index contributed by atoms with van der Waals surface area (Å²) in [6, 6.07) is 4.24. The molecule has 0 bridgehead atoms. The molecule has 1 aromatic carbocycles. The monoisotopic (exact) mass is 272 g/mol. The maximum absolute atomic E-state index is 12.0. The Hall–Kier alpha value is -1.22. The third kappa shape index (κ3) is 3.37. The first kappa shape index (κ1) is 13.8. The average Bonchev–Trinajstić information content (AvgIpc) is 2.20. The zero-order chi connectivity index (χ0) is 13.3. The first-order valence-electron chi connectivity index (χ1n) is 4.75. The molecule has 1 rings (SSSR count). The van der Waals surface area contributed by atoms with Crippen LogP contribution in [0.1, 0.15) is 13.8 Å². The summed E-state index contributed by atoms with van der Waals surface area (Å²) < 4.78 is 26.4. The van der Waals surface area contributed by atoms with E-state index in [1.165, 1.54) is 18.2 Å². The molecule has 0 fully saturated rings.